The molecule has 1 N–H and O–H groups in total. The Balaban J connectivity index is 2.43. The van der Waals surface area contributed by atoms with Crippen LogP contribution in [0.25, 0.3) is 0 Å². The predicted molar refractivity (Wildman–Crippen MR) is 151 cm³/mol. The molecule has 0 amide bonds. The zero-order valence-electron chi connectivity index (χ0n) is 24.3. The van der Waals surface area contributed by atoms with Crippen molar-refractivity contribution in [3.63, 3.8) is 0 Å². The molecule has 36 heavy (non-hydrogen) atoms. The first-order valence-corrected chi connectivity index (χ1v) is 14.1. The van der Waals surface area contributed by atoms with E-state index in [2.05, 4.69) is 122 Å². The minimum Gasteiger partial charge on any atom is -0.326 e. The smallest absolute Gasteiger partial charge is 0.326 e. The molecule has 2 aromatic carbocycles. The molecule has 0 bridgehead atoms. The van der Waals surface area contributed by atoms with Crippen molar-refractivity contribution in [2.75, 3.05) is 0 Å². The summed E-state index contributed by atoms with van der Waals surface area (Å²) in [5.41, 5.74) is 5.20. The average molecular weight is 519 g/mol. The van der Waals surface area contributed by atoms with E-state index in [9.17, 15) is 9.42 Å². The van der Waals surface area contributed by atoms with Gasteiger partial charge in [0.2, 0.25) is 0 Å². The van der Waals surface area contributed by atoms with Crippen molar-refractivity contribution < 1.29 is 18.7 Å². The minimum atomic E-state index is -2.58. The van der Waals surface area contributed by atoms with Gasteiger partial charge in [0.25, 0.3) is 0 Å². The van der Waals surface area contributed by atoms with Gasteiger partial charge in [0.05, 0.1) is 6.10 Å². The van der Waals surface area contributed by atoms with Crippen LogP contribution in [0, 0.1) is 10.8 Å². The molecular formula is C31H48FO3P. The number of hydrogen-bond donors (Lipinski definition) is 1. The first kappa shape index (κ1) is 30.9. The van der Waals surface area contributed by atoms with Gasteiger partial charge in [-0.2, -0.15) is 0 Å². The summed E-state index contributed by atoms with van der Waals surface area (Å²) in [6, 6.07) is 17.3. The van der Waals surface area contributed by atoms with E-state index in [1.165, 1.54) is 11.1 Å². The summed E-state index contributed by atoms with van der Waals surface area (Å²) in [6.45, 7) is 24.6. The molecule has 0 radical (unpaired) electrons. The van der Waals surface area contributed by atoms with E-state index in [0.29, 0.717) is 0 Å². The molecule has 0 aromatic heterocycles. The maximum atomic E-state index is 12.6. The van der Waals surface area contributed by atoms with Crippen molar-refractivity contribution in [2.45, 2.75) is 112 Å². The second-order valence-electron chi connectivity index (χ2n) is 14.1. The van der Waals surface area contributed by atoms with E-state index < -0.39 is 14.7 Å². The van der Waals surface area contributed by atoms with Crippen molar-refractivity contribution in [1.82, 2.24) is 0 Å². The summed E-state index contributed by atoms with van der Waals surface area (Å²) >= 11 is 0. The molecule has 202 valence electrons. The van der Waals surface area contributed by atoms with Gasteiger partial charge in [-0.15, -0.1) is 4.73 Å². The van der Waals surface area contributed by atoms with E-state index in [-0.39, 0.29) is 27.6 Å². The quantitative estimate of drug-likeness (QED) is 0.318. The summed E-state index contributed by atoms with van der Waals surface area (Å²) in [5, 5.41) is 0. The SMILES string of the molecule is CC(OP(O)OF)C(c1ccc(C(C)(C)CC(C)(C)C)cc1)c1ccc(C(C)(C)CC(C)(C)C)cc1. The molecule has 0 saturated carbocycles. The van der Waals surface area contributed by atoms with Crippen LogP contribution in [0.4, 0.5) is 4.53 Å². The highest BCUT2D eigenvalue weighted by molar-refractivity contribution is 7.40. The molecule has 0 aliphatic rings. The first-order chi connectivity index (χ1) is 16.3. The van der Waals surface area contributed by atoms with Gasteiger partial charge in [-0.25, -0.2) is 0 Å². The van der Waals surface area contributed by atoms with Crippen LogP contribution in [0.1, 0.15) is 117 Å². The van der Waals surface area contributed by atoms with Gasteiger partial charge in [0.15, 0.2) is 0 Å². The van der Waals surface area contributed by atoms with E-state index in [1.807, 2.05) is 6.92 Å². The Bertz CT molecular complexity index is 882. The fourth-order valence-electron chi connectivity index (χ4n) is 6.09. The van der Waals surface area contributed by atoms with Crippen LogP contribution in [0.15, 0.2) is 48.5 Å². The molecule has 5 heteroatoms. The van der Waals surface area contributed by atoms with Gasteiger partial charge in [0.1, 0.15) is 0 Å². The maximum absolute atomic E-state index is 12.6. The van der Waals surface area contributed by atoms with E-state index in [4.69, 9.17) is 4.52 Å². The summed E-state index contributed by atoms with van der Waals surface area (Å²) < 4.78 is 21.7. The fraction of sp³-hybridized carbons (Fsp3) is 0.613. The fourth-order valence-corrected chi connectivity index (χ4v) is 6.53. The first-order valence-electron chi connectivity index (χ1n) is 13.0. The Kier molecular flexibility index (Phi) is 9.96. The summed E-state index contributed by atoms with van der Waals surface area (Å²) in [4.78, 5) is 9.73. The summed E-state index contributed by atoms with van der Waals surface area (Å²) in [7, 11) is -2.58. The summed E-state index contributed by atoms with van der Waals surface area (Å²) in [6.07, 6.45) is 1.65. The monoisotopic (exact) mass is 518 g/mol. The third kappa shape index (κ3) is 8.91. The Hall–Kier alpha value is -1.32. The van der Waals surface area contributed by atoms with Crippen LogP contribution in [0.2, 0.25) is 0 Å². The molecule has 0 saturated heterocycles. The van der Waals surface area contributed by atoms with Gasteiger partial charge in [0, 0.05) is 5.92 Å². The van der Waals surface area contributed by atoms with Crippen molar-refractivity contribution in [2.24, 2.45) is 10.8 Å². The average Bonchev–Trinajstić information content (AvgIpc) is 2.71. The van der Waals surface area contributed by atoms with Crippen molar-refractivity contribution >= 4 is 8.60 Å². The van der Waals surface area contributed by atoms with Crippen LogP contribution < -0.4 is 0 Å². The largest absolute Gasteiger partial charge is 0.366 e. The summed E-state index contributed by atoms with van der Waals surface area (Å²) in [5.74, 6) is -0.183. The van der Waals surface area contributed by atoms with E-state index in [0.717, 1.165) is 24.0 Å². The highest BCUT2D eigenvalue weighted by Gasteiger charge is 2.31. The molecule has 2 unspecified atom stereocenters. The van der Waals surface area contributed by atoms with Crippen LogP contribution >= 0.6 is 8.60 Å². The van der Waals surface area contributed by atoms with Gasteiger partial charge in [-0.05, 0) is 68.2 Å². The van der Waals surface area contributed by atoms with Crippen molar-refractivity contribution in [1.29, 1.82) is 0 Å². The molecule has 0 aliphatic carbocycles. The highest BCUT2D eigenvalue weighted by atomic mass is 31.2. The van der Waals surface area contributed by atoms with Crippen LogP contribution in [-0.4, -0.2) is 11.0 Å². The van der Waals surface area contributed by atoms with E-state index >= 15 is 0 Å². The van der Waals surface area contributed by atoms with Crippen LogP contribution in [0.5, 0.6) is 0 Å². The molecule has 0 aliphatic heterocycles. The van der Waals surface area contributed by atoms with Gasteiger partial charge >= 0.3 is 8.60 Å². The molecule has 3 nitrogen and oxygen atoms in total. The molecule has 0 fully saturated rings. The molecule has 0 heterocycles. The minimum absolute atomic E-state index is 0.0379. The topological polar surface area (TPSA) is 38.7 Å². The number of halogens is 1. The third-order valence-corrected chi connectivity index (χ3v) is 7.46. The van der Waals surface area contributed by atoms with Crippen LogP contribution in [0.3, 0.4) is 0 Å². The maximum Gasteiger partial charge on any atom is 0.366 e. The lowest BCUT2D eigenvalue weighted by atomic mass is 9.71. The number of benzene rings is 2. The predicted octanol–water partition coefficient (Wildman–Crippen LogP) is 9.77. The molecule has 2 rings (SSSR count). The Morgan fingerprint density at radius 2 is 1.03 bits per heavy atom. The van der Waals surface area contributed by atoms with Gasteiger partial charge in [-0.3, -0.25) is 0 Å². The second kappa shape index (κ2) is 11.6. The highest BCUT2D eigenvalue weighted by Crippen LogP contribution is 2.43. The molecule has 0 spiro atoms. The molecular weight excluding hydrogens is 470 g/mol. The Morgan fingerprint density at radius 3 is 1.31 bits per heavy atom. The third-order valence-electron chi connectivity index (χ3n) is 6.83. The normalized spacial score (nSPS) is 15.3. The van der Waals surface area contributed by atoms with Crippen molar-refractivity contribution in [3.05, 3.63) is 70.8 Å². The number of rotatable bonds is 10. The lowest BCUT2D eigenvalue weighted by Gasteiger charge is -2.34. The second-order valence-corrected chi connectivity index (χ2v) is 14.9. The molecule has 2 atom stereocenters. The lowest BCUT2D eigenvalue weighted by Crippen LogP contribution is -2.25. The van der Waals surface area contributed by atoms with Gasteiger partial charge < -0.3 is 9.42 Å². The zero-order chi connectivity index (χ0) is 27.5. The Morgan fingerprint density at radius 1 is 0.694 bits per heavy atom. The zero-order valence-corrected chi connectivity index (χ0v) is 25.2. The lowest BCUT2D eigenvalue weighted by molar-refractivity contribution is -0.0346. The van der Waals surface area contributed by atoms with Gasteiger partial charge in [-0.1, -0.05) is 118 Å². The van der Waals surface area contributed by atoms with Crippen LogP contribution in [-0.2, 0) is 20.1 Å². The standard InChI is InChI=1S/C31H48FO3P/c1-22(34-36(33)35-32)27(23-12-16-25(17-13-23)30(8,9)20-28(2,3)4)24-14-18-26(19-15-24)31(10,11)21-29(5,6)7/h12-19,22,27,33H,20-21H2,1-11H3. The number of hydrogen-bond acceptors (Lipinski definition) is 3. The van der Waals surface area contributed by atoms with Crippen molar-refractivity contribution in [3.8, 4) is 0 Å². The molecule has 2 aromatic rings. The van der Waals surface area contributed by atoms with E-state index in [1.54, 1.807) is 0 Å². The Labute approximate surface area is 220 Å².